The predicted molar refractivity (Wildman–Crippen MR) is 66.3 cm³/mol. The average molecular weight is 258 g/mol. The fourth-order valence-corrected chi connectivity index (χ4v) is 1.53. The van der Waals surface area contributed by atoms with Crippen molar-refractivity contribution in [2.45, 2.75) is 19.9 Å². The van der Waals surface area contributed by atoms with Gasteiger partial charge in [-0.25, -0.2) is 0 Å². The molecule has 94 valence electrons. The fraction of sp³-hybridized carbons (Fsp3) is 0.417. The molecule has 3 N–H and O–H groups in total. The summed E-state index contributed by atoms with van der Waals surface area (Å²) in [5, 5.41) is 21.7. The number of aliphatic hydroxyl groups excluding tert-OH is 1. The third-order valence-electron chi connectivity index (χ3n) is 2.52. The van der Waals surface area contributed by atoms with E-state index >= 15 is 0 Å². The fourth-order valence-electron chi connectivity index (χ4n) is 1.37. The van der Waals surface area contributed by atoms with Crippen molar-refractivity contribution in [3.05, 3.63) is 28.8 Å². The molecule has 0 aromatic heterocycles. The summed E-state index contributed by atoms with van der Waals surface area (Å²) in [4.78, 5) is 11.8. The lowest BCUT2D eigenvalue weighted by molar-refractivity contribution is 0.0894. The normalized spacial score (nSPS) is 12.5. The van der Waals surface area contributed by atoms with Crippen LogP contribution in [-0.4, -0.2) is 28.8 Å². The van der Waals surface area contributed by atoms with Gasteiger partial charge in [0, 0.05) is 5.02 Å². The van der Waals surface area contributed by atoms with Crippen molar-refractivity contribution >= 4 is 17.5 Å². The van der Waals surface area contributed by atoms with Crippen LogP contribution in [0, 0.1) is 5.92 Å². The Hall–Kier alpha value is -1.26. The van der Waals surface area contributed by atoms with E-state index in [-0.39, 0.29) is 29.9 Å². The summed E-state index contributed by atoms with van der Waals surface area (Å²) in [6.45, 7) is 3.64. The van der Waals surface area contributed by atoms with Gasteiger partial charge in [0.2, 0.25) is 0 Å². The number of aliphatic hydroxyl groups is 1. The molecule has 17 heavy (non-hydrogen) atoms. The summed E-state index contributed by atoms with van der Waals surface area (Å²) in [7, 11) is 0. The zero-order valence-corrected chi connectivity index (χ0v) is 10.5. The van der Waals surface area contributed by atoms with Crippen LogP contribution in [0.3, 0.4) is 0 Å². The lowest BCUT2D eigenvalue weighted by Gasteiger charge is -2.20. The smallest absolute Gasteiger partial charge is 0.255 e. The first kappa shape index (κ1) is 13.8. The van der Waals surface area contributed by atoms with Gasteiger partial charge < -0.3 is 15.5 Å². The second kappa shape index (κ2) is 5.89. The van der Waals surface area contributed by atoms with Gasteiger partial charge in [-0.1, -0.05) is 25.4 Å². The molecule has 0 aliphatic heterocycles. The van der Waals surface area contributed by atoms with Gasteiger partial charge in [-0.3, -0.25) is 4.79 Å². The molecule has 0 saturated heterocycles. The first-order valence-electron chi connectivity index (χ1n) is 5.36. The number of nitrogens with one attached hydrogen (secondary N) is 1. The minimum absolute atomic E-state index is 0.110. The maximum Gasteiger partial charge on any atom is 0.255 e. The molecule has 1 amide bonds. The molecule has 1 aromatic rings. The van der Waals surface area contributed by atoms with E-state index in [4.69, 9.17) is 16.7 Å². The van der Waals surface area contributed by atoms with Crippen molar-refractivity contribution in [1.29, 1.82) is 0 Å². The predicted octanol–water partition coefficient (Wildman–Crippen LogP) is 1.79. The highest BCUT2D eigenvalue weighted by atomic mass is 35.5. The molecule has 0 aliphatic rings. The third-order valence-corrected chi connectivity index (χ3v) is 2.76. The lowest BCUT2D eigenvalue weighted by atomic mass is 10.0. The molecule has 0 radical (unpaired) electrons. The molecule has 1 unspecified atom stereocenters. The Bertz CT molecular complexity index is 407. The molecule has 5 heteroatoms. The minimum Gasteiger partial charge on any atom is -0.507 e. The van der Waals surface area contributed by atoms with E-state index in [0.717, 1.165) is 0 Å². The molecule has 0 bridgehead atoms. The standard InChI is InChI=1S/C12H16ClNO3/c1-7(2)10(6-15)14-12(17)9-4-3-8(13)5-11(9)16/h3-5,7,10,15-16H,6H2,1-2H3,(H,14,17). The van der Waals surface area contributed by atoms with Crippen LogP contribution in [0.25, 0.3) is 0 Å². The molecule has 0 saturated carbocycles. The number of amides is 1. The van der Waals surface area contributed by atoms with Crippen LogP contribution in [0.5, 0.6) is 5.75 Å². The van der Waals surface area contributed by atoms with Gasteiger partial charge in [0.1, 0.15) is 5.75 Å². The number of rotatable bonds is 4. The number of aromatic hydroxyl groups is 1. The van der Waals surface area contributed by atoms with Gasteiger partial charge in [-0.2, -0.15) is 0 Å². The zero-order chi connectivity index (χ0) is 13.0. The Morgan fingerprint density at radius 1 is 1.47 bits per heavy atom. The second-order valence-corrected chi connectivity index (χ2v) is 4.60. The van der Waals surface area contributed by atoms with Crippen LogP contribution in [0.15, 0.2) is 18.2 Å². The van der Waals surface area contributed by atoms with Gasteiger partial charge in [-0.05, 0) is 24.1 Å². The van der Waals surface area contributed by atoms with Crippen molar-refractivity contribution in [3.63, 3.8) is 0 Å². The summed E-state index contributed by atoms with van der Waals surface area (Å²) in [5.74, 6) is -0.485. The highest BCUT2D eigenvalue weighted by Gasteiger charge is 2.18. The maximum absolute atomic E-state index is 11.8. The van der Waals surface area contributed by atoms with Crippen LogP contribution in [0.1, 0.15) is 24.2 Å². The number of carbonyl (C=O) groups excluding carboxylic acids is 1. The molecule has 0 aliphatic carbocycles. The van der Waals surface area contributed by atoms with Crippen molar-refractivity contribution in [2.24, 2.45) is 5.92 Å². The topological polar surface area (TPSA) is 69.6 Å². The summed E-state index contributed by atoms with van der Waals surface area (Å²) >= 11 is 5.67. The molecular weight excluding hydrogens is 242 g/mol. The number of benzene rings is 1. The minimum atomic E-state index is -0.424. The number of hydrogen-bond donors (Lipinski definition) is 3. The van der Waals surface area contributed by atoms with Crippen molar-refractivity contribution in [3.8, 4) is 5.75 Å². The van der Waals surface area contributed by atoms with Crippen molar-refractivity contribution < 1.29 is 15.0 Å². The lowest BCUT2D eigenvalue weighted by Crippen LogP contribution is -2.41. The van der Waals surface area contributed by atoms with Gasteiger partial charge in [-0.15, -0.1) is 0 Å². The van der Waals surface area contributed by atoms with E-state index in [1.54, 1.807) is 0 Å². The van der Waals surface area contributed by atoms with Crippen LogP contribution in [-0.2, 0) is 0 Å². The highest BCUT2D eigenvalue weighted by Crippen LogP contribution is 2.22. The average Bonchev–Trinajstić information content (AvgIpc) is 2.24. The Morgan fingerprint density at radius 3 is 2.59 bits per heavy atom. The Labute approximate surface area is 105 Å². The van der Waals surface area contributed by atoms with E-state index in [9.17, 15) is 9.90 Å². The molecule has 1 atom stereocenters. The number of phenols is 1. The first-order valence-corrected chi connectivity index (χ1v) is 5.73. The largest absolute Gasteiger partial charge is 0.507 e. The van der Waals surface area contributed by atoms with E-state index in [2.05, 4.69) is 5.32 Å². The Balaban J connectivity index is 2.82. The summed E-state index contributed by atoms with van der Waals surface area (Å²) < 4.78 is 0. The summed E-state index contributed by atoms with van der Waals surface area (Å²) in [6, 6.07) is 3.94. The number of carbonyl (C=O) groups is 1. The van der Waals surface area contributed by atoms with Crippen molar-refractivity contribution in [2.75, 3.05) is 6.61 Å². The Morgan fingerprint density at radius 2 is 2.12 bits per heavy atom. The summed E-state index contributed by atoms with van der Waals surface area (Å²) in [5.41, 5.74) is 0.147. The van der Waals surface area contributed by atoms with E-state index in [1.165, 1.54) is 18.2 Å². The molecule has 1 rings (SSSR count). The molecule has 0 heterocycles. The van der Waals surface area contributed by atoms with Crippen LogP contribution in [0.4, 0.5) is 0 Å². The van der Waals surface area contributed by atoms with Gasteiger partial charge in [0.05, 0.1) is 18.2 Å². The van der Waals surface area contributed by atoms with Crippen LogP contribution in [0.2, 0.25) is 5.02 Å². The molecule has 0 fully saturated rings. The number of phenolic OH excluding ortho intramolecular Hbond substituents is 1. The maximum atomic E-state index is 11.8. The molecule has 0 spiro atoms. The zero-order valence-electron chi connectivity index (χ0n) is 9.77. The SMILES string of the molecule is CC(C)C(CO)NC(=O)c1ccc(Cl)cc1O. The third kappa shape index (κ3) is 3.61. The van der Waals surface area contributed by atoms with Crippen LogP contribution < -0.4 is 5.32 Å². The highest BCUT2D eigenvalue weighted by molar-refractivity contribution is 6.30. The molecular formula is C12H16ClNO3. The summed E-state index contributed by atoms with van der Waals surface area (Å²) in [6.07, 6.45) is 0. The number of halogens is 1. The molecule has 4 nitrogen and oxygen atoms in total. The van der Waals surface area contributed by atoms with Crippen LogP contribution >= 0.6 is 11.6 Å². The molecule has 1 aromatic carbocycles. The Kier molecular flexibility index (Phi) is 4.78. The number of hydrogen-bond acceptors (Lipinski definition) is 3. The van der Waals surface area contributed by atoms with Gasteiger partial charge >= 0.3 is 0 Å². The van der Waals surface area contributed by atoms with Crippen molar-refractivity contribution in [1.82, 2.24) is 5.32 Å². The van der Waals surface area contributed by atoms with E-state index < -0.39 is 5.91 Å². The van der Waals surface area contributed by atoms with E-state index in [1.807, 2.05) is 13.8 Å². The van der Waals surface area contributed by atoms with E-state index in [0.29, 0.717) is 5.02 Å². The van der Waals surface area contributed by atoms with Gasteiger partial charge in [0.15, 0.2) is 0 Å². The van der Waals surface area contributed by atoms with Gasteiger partial charge in [0.25, 0.3) is 5.91 Å². The monoisotopic (exact) mass is 257 g/mol. The second-order valence-electron chi connectivity index (χ2n) is 4.17. The first-order chi connectivity index (χ1) is 7.95. The quantitative estimate of drug-likeness (QED) is 0.770.